The summed E-state index contributed by atoms with van der Waals surface area (Å²) in [7, 11) is 0. The molecule has 0 aliphatic rings. The fourth-order valence-electron chi connectivity index (χ4n) is 1.12. The number of fused-ring (bicyclic) bond motifs is 1. The van der Waals surface area contributed by atoms with Gasteiger partial charge in [0.1, 0.15) is 5.75 Å². The first-order valence-corrected chi connectivity index (χ1v) is 5.24. The van der Waals surface area contributed by atoms with E-state index in [0.29, 0.717) is 5.69 Å². The second kappa shape index (κ2) is 2.77. The van der Waals surface area contributed by atoms with Gasteiger partial charge in [0.15, 0.2) is 0 Å². The average molecular weight is 291 g/mol. The van der Waals surface area contributed by atoms with Crippen molar-refractivity contribution in [3.05, 3.63) is 21.1 Å². The third-order valence-electron chi connectivity index (χ3n) is 1.62. The second-order valence-corrected chi connectivity index (χ2v) is 5.48. The maximum atomic E-state index is 9.24. The summed E-state index contributed by atoms with van der Waals surface area (Å²) in [4.78, 5) is 0. The first-order chi connectivity index (χ1) is 5.66. The lowest BCUT2D eigenvalue weighted by molar-refractivity contribution is 0.476. The van der Waals surface area contributed by atoms with Crippen molar-refractivity contribution < 1.29 is 5.11 Å². The predicted octanol–water partition coefficient (Wildman–Crippen LogP) is 2.79. The normalized spacial score (nSPS) is 10.8. The average Bonchev–Trinajstić information content (AvgIpc) is 2.29. The quantitative estimate of drug-likeness (QED) is 0.579. The van der Waals surface area contributed by atoms with Gasteiger partial charge >= 0.3 is 0 Å². The summed E-state index contributed by atoms with van der Waals surface area (Å²) >= 11 is 3.87. The van der Waals surface area contributed by atoms with Crippen LogP contribution in [0.2, 0.25) is 0 Å². The predicted molar refractivity (Wildman–Crippen MR) is 60.6 cm³/mol. The Bertz CT molecular complexity index is 438. The molecule has 4 heteroatoms. The van der Waals surface area contributed by atoms with Crippen molar-refractivity contribution in [2.75, 3.05) is 5.73 Å². The fourth-order valence-corrected chi connectivity index (χ4v) is 3.00. The molecule has 0 saturated heterocycles. The van der Waals surface area contributed by atoms with Crippen LogP contribution in [0, 0.1) is 2.88 Å². The molecular formula is C8H6INOS. The molecule has 1 heterocycles. The molecule has 0 aliphatic carbocycles. The van der Waals surface area contributed by atoms with Gasteiger partial charge in [-0.05, 0) is 34.7 Å². The van der Waals surface area contributed by atoms with Crippen molar-refractivity contribution in [2.24, 2.45) is 0 Å². The van der Waals surface area contributed by atoms with Gasteiger partial charge in [0.2, 0.25) is 0 Å². The zero-order valence-electron chi connectivity index (χ0n) is 6.04. The molecule has 12 heavy (non-hydrogen) atoms. The zero-order chi connectivity index (χ0) is 8.72. The third kappa shape index (κ3) is 1.25. The third-order valence-corrected chi connectivity index (χ3v) is 3.47. The summed E-state index contributed by atoms with van der Waals surface area (Å²) in [5, 5.41) is 10.3. The molecule has 2 rings (SSSR count). The van der Waals surface area contributed by atoms with E-state index in [9.17, 15) is 5.11 Å². The summed E-state index contributed by atoms with van der Waals surface area (Å²) in [5.74, 6) is 0.234. The number of anilines is 1. The van der Waals surface area contributed by atoms with E-state index in [0.717, 1.165) is 10.1 Å². The smallest absolute Gasteiger partial charge is 0.119 e. The molecule has 3 N–H and O–H groups in total. The SMILES string of the molecule is Nc1cc(O)cc2sc(I)cc12. The summed E-state index contributed by atoms with van der Waals surface area (Å²) < 4.78 is 2.22. The molecular weight excluding hydrogens is 285 g/mol. The van der Waals surface area contributed by atoms with Gasteiger partial charge in [0, 0.05) is 21.8 Å². The van der Waals surface area contributed by atoms with Crippen molar-refractivity contribution in [1.29, 1.82) is 0 Å². The number of nitrogen functional groups attached to an aromatic ring is 1. The van der Waals surface area contributed by atoms with Crippen LogP contribution in [0.5, 0.6) is 5.75 Å². The van der Waals surface area contributed by atoms with E-state index >= 15 is 0 Å². The van der Waals surface area contributed by atoms with Gasteiger partial charge in [-0.3, -0.25) is 0 Å². The molecule has 0 unspecified atom stereocenters. The number of aromatic hydroxyl groups is 1. The molecule has 0 bridgehead atoms. The number of benzene rings is 1. The van der Waals surface area contributed by atoms with Gasteiger partial charge < -0.3 is 10.8 Å². The Labute approximate surface area is 87.1 Å². The highest BCUT2D eigenvalue weighted by Gasteiger charge is 2.04. The van der Waals surface area contributed by atoms with Crippen molar-refractivity contribution in [3.8, 4) is 5.75 Å². The molecule has 2 aromatic rings. The Balaban J connectivity index is 2.88. The Morgan fingerprint density at radius 3 is 2.83 bits per heavy atom. The van der Waals surface area contributed by atoms with E-state index in [-0.39, 0.29) is 5.75 Å². The van der Waals surface area contributed by atoms with Gasteiger partial charge in [0.25, 0.3) is 0 Å². The van der Waals surface area contributed by atoms with E-state index < -0.39 is 0 Å². The Hall–Kier alpha value is -0.490. The first kappa shape index (κ1) is 8.12. The van der Waals surface area contributed by atoms with Gasteiger partial charge in [-0.25, -0.2) is 0 Å². The molecule has 0 radical (unpaired) electrons. The van der Waals surface area contributed by atoms with E-state index in [2.05, 4.69) is 22.6 Å². The molecule has 1 aromatic heterocycles. The lowest BCUT2D eigenvalue weighted by atomic mass is 10.2. The summed E-state index contributed by atoms with van der Waals surface area (Å²) in [6.45, 7) is 0. The van der Waals surface area contributed by atoms with Crippen LogP contribution in [0.3, 0.4) is 0 Å². The lowest BCUT2D eigenvalue weighted by Crippen LogP contribution is -1.83. The highest BCUT2D eigenvalue weighted by Crippen LogP contribution is 2.33. The topological polar surface area (TPSA) is 46.2 Å². The summed E-state index contributed by atoms with van der Waals surface area (Å²) in [6.07, 6.45) is 0. The molecule has 0 fully saturated rings. The highest BCUT2D eigenvalue weighted by atomic mass is 127. The molecule has 0 saturated carbocycles. The molecule has 0 amide bonds. The number of halogens is 1. The molecule has 0 aliphatic heterocycles. The van der Waals surface area contributed by atoms with E-state index in [1.54, 1.807) is 23.5 Å². The molecule has 62 valence electrons. The van der Waals surface area contributed by atoms with Crippen molar-refractivity contribution >= 4 is 49.7 Å². The number of phenolic OH excluding ortho intramolecular Hbond substituents is 1. The standard InChI is InChI=1S/C8H6INOS/c9-8-3-5-6(10)1-4(11)2-7(5)12-8/h1-3,11H,10H2. The monoisotopic (exact) mass is 291 g/mol. The van der Waals surface area contributed by atoms with E-state index in [1.807, 2.05) is 6.07 Å². The van der Waals surface area contributed by atoms with Crippen LogP contribution >= 0.6 is 33.9 Å². The maximum Gasteiger partial charge on any atom is 0.119 e. The van der Waals surface area contributed by atoms with Crippen LogP contribution < -0.4 is 5.73 Å². The van der Waals surface area contributed by atoms with Crippen molar-refractivity contribution in [3.63, 3.8) is 0 Å². The van der Waals surface area contributed by atoms with Crippen LogP contribution in [-0.2, 0) is 0 Å². The largest absolute Gasteiger partial charge is 0.508 e. The first-order valence-electron chi connectivity index (χ1n) is 3.34. The molecule has 0 atom stereocenters. The zero-order valence-corrected chi connectivity index (χ0v) is 9.02. The minimum absolute atomic E-state index is 0.234. The summed E-state index contributed by atoms with van der Waals surface area (Å²) in [6, 6.07) is 5.33. The van der Waals surface area contributed by atoms with Gasteiger partial charge in [0.05, 0.1) is 2.88 Å². The number of hydrogen-bond donors (Lipinski definition) is 2. The lowest BCUT2D eigenvalue weighted by Gasteiger charge is -1.96. The van der Waals surface area contributed by atoms with E-state index in [1.165, 1.54) is 2.88 Å². The van der Waals surface area contributed by atoms with E-state index in [4.69, 9.17) is 5.73 Å². The number of thiophene rings is 1. The van der Waals surface area contributed by atoms with Gasteiger partial charge in [-0.2, -0.15) is 0 Å². The van der Waals surface area contributed by atoms with Crippen molar-refractivity contribution in [1.82, 2.24) is 0 Å². The Morgan fingerprint density at radius 2 is 2.08 bits per heavy atom. The molecule has 2 nitrogen and oxygen atoms in total. The van der Waals surface area contributed by atoms with Gasteiger partial charge in [-0.15, -0.1) is 11.3 Å². The van der Waals surface area contributed by atoms with Crippen LogP contribution in [0.1, 0.15) is 0 Å². The maximum absolute atomic E-state index is 9.24. The van der Waals surface area contributed by atoms with Crippen molar-refractivity contribution in [2.45, 2.75) is 0 Å². The number of hydrogen-bond acceptors (Lipinski definition) is 3. The molecule has 0 spiro atoms. The fraction of sp³-hybridized carbons (Fsp3) is 0. The van der Waals surface area contributed by atoms with Gasteiger partial charge in [-0.1, -0.05) is 0 Å². The van der Waals surface area contributed by atoms with Crippen LogP contribution in [0.4, 0.5) is 5.69 Å². The number of rotatable bonds is 0. The molecule has 1 aromatic carbocycles. The highest BCUT2D eigenvalue weighted by molar-refractivity contribution is 14.1. The number of phenols is 1. The summed E-state index contributed by atoms with van der Waals surface area (Å²) in [5.41, 5.74) is 6.36. The Morgan fingerprint density at radius 1 is 1.33 bits per heavy atom. The minimum atomic E-state index is 0.234. The van der Waals surface area contributed by atoms with Crippen LogP contribution in [0.15, 0.2) is 18.2 Å². The van der Waals surface area contributed by atoms with Crippen LogP contribution in [0.25, 0.3) is 10.1 Å². The number of nitrogens with two attached hydrogens (primary N) is 1. The van der Waals surface area contributed by atoms with Crippen LogP contribution in [-0.4, -0.2) is 5.11 Å². The minimum Gasteiger partial charge on any atom is -0.508 e. The Kier molecular flexibility index (Phi) is 1.88. The second-order valence-electron chi connectivity index (χ2n) is 2.50.